The number of nitro benzene ring substituents is 1. The molecule has 19 heavy (non-hydrogen) atoms. The van der Waals surface area contributed by atoms with Crippen molar-refractivity contribution >= 4 is 17.4 Å². The van der Waals surface area contributed by atoms with E-state index in [1.54, 1.807) is 24.4 Å². The summed E-state index contributed by atoms with van der Waals surface area (Å²) < 4.78 is 0. The maximum absolute atomic E-state index is 10.7. The van der Waals surface area contributed by atoms with Crippen molar-refractivity contribution in [2.45, 2.75) is 10.6 Å². The van der Waals surface area contributed by atoms with Gasteiger partial charge < -0.3 is 0 Å². The van der Waals surface area contributed by atoms with Gasteiger partial charge in [-0.1, -0.05) is 12.1 Å². The predicted octanol–water partition coefficient (Wildman–Crippen LogP) is 3.15. The number of hydrogen-bond acceptors (Lipinski definition) is 5. The first-order valence-electron chi connectivity index (χ1n) is 5.41. The molecule has 0 bridgehead atoms. The maximum atomic E-state index is 10.7. The first kappa shape index (κ1) is 13.1. The fourth-order valence-corrected chi connectivity index (χ4v) is 2.35. The van der Waals surface area contributed by atoms with Crippen LogP contribution in [0.3, 0.4) is 0 Å². The number of nitriles is 1. The zero-order valence-corrected chi connectivity index (χ0v) is 10.6. The van der Waals surface area contributed by atoms with E-state index in [0.717, 1.165) is 10.5 Å². The second-order valence-corrected chi connectivity index (χ2v) is 4.75. The van der Waals surface area contributed by atoms with Crippen LogP contribution in [0.25, 0.3) is 0 Å². The molecule has 0 aliphatic rings. The minimum Gasteiger partial charge on any atom is -0.258 e. The minimum absolute atomic E-state index is 0.0885. The van der Waals surface area contributed by atoms with Crippen molar-refractivity contribution in [2.75, 3.05) is 0 Å². The van der Waals surface area contributed by atoms with Crippen LogP contribution in [0.15, 0.2) is 47.5 Å². The second-order valence-electron chi connectivity index (χ2n) is 3.70. The van der Waals surface area contributed by atoms with Crippen LogP contribution >= 0.6 is 11.8 Å². The topological polar surface area (TPSA) is 79.8 Å². The lowest BCUT2D eigenvalue weighted by Crippen LogP contribution is -1.89. The van der Waals surface area contributed by atoms with Crippen LogP contribution < -0.4 is 0 Å². The highest BCUT2D eigenvalue weighted by Gasteiger charge is 2.06. The van der Waals surface area contributed by atoms with Crippen molar-refractivity contribution in [3.63, 3.8) is 0 Å². The molecule has 0 aliphatic carbocycles. The van der Waals surface area contributed by atoms with Crippen molar-refractivity contribution < 1.29 is 4.92 Å². The van der Waals surface area contributed by atoms with E-state index in [0.29, 0.717) is 11.4 Å². The normalized spacial score (nSPS) is 9.84. The van der Waals surface area contributed by atoms with Gasteiger partial charge in [0.1, 0.15) is 11.8 Å². The largest absolute Gasteiger partial charge is 0.269 e. The number of hydrogen-bond donors (Lipinski definition) is 0. The van der Waals surface area contributed by atoms with Crippen LogP contribution in [-0.4, -0.2) is 9.91 Å². The quantitative estimate of drug-likeness (QED) is 0.484. The summed E-state index contributed by atoms with van der Waals surface area (Å²) in [6.45, 7) is 0. The van der Waals surface area contributed by atoms with E-state index in [4.69, 9.17) is 5.26 Å². The lowest BCUT2D eigenvalue weighted by atomic mass is 10.2. The van der Waals surface area contributed by atoms with Crippen molar-refractivity contribution in [2.24, 2.45) is 0 Å². The molecule has 0 unspecified atom stereocenters. The van der Waals surface area contributed by atoms with E-state index in [9.17, 15) is 10.1 Å². The number of benzene rings is 1. The fraction of sp³-hybridized carbons (Fsp3) is 0.0769. The molecule has 0 amide bonds. The fourth-order valence-electron chi connectivity index (χ4n) is 1.49. The van der Waals surface area contributed by atoms with Gasteiger partial charge in [-0.25, -0.2) is 4.98 Å². The van der Waals surface area contributed by atoms with E-state index in [1.165, 1.54) is 17.8 Å². The van der Waals surface area contributed by atoms with Gasteiger partial charge in [0.05, 0.1) is 4.92 Å². The van der Waals surface area contributed by atoms with Crippen molar-refractivity contribution in [1.82, 2.24) is 4.98 Å². The van der Waals surface area contributed by atoms with E-state index in [1.807, 2.05) is 18.2 Å². The first-order chi connectivity index (χ1) is 9.19. The molecular weight excluding hydrogens is 262 g/mol. The molecule has 5 nitrogen and oxygen atoms in total. The molecule has 1 heterocycles. The van der Waals surface area contributed by atoms with Gasteiger partial charge in [-0.3, -0.25) is 10.1 Å². The van der Waals surface area contributed by atoms with E-state index in [-0.39, 0.29) is 5.69 Å². The number of aromatic nitrogens is 1. The molecule has 1 aromatic carbocycles. The van der Waals surface area contributed by atoms with Gasteiger partial charge in [-0.15, -0.1) is 11.8 Å². The Morgan fingerprint density at radius 3 is 2.95 bits per heavy atom. The highest BCUT2D eigenvalue weighted by molar-refractivity contribution is 7.98. The van der Waals surface area contributed by atoms with Crippen LogP contribution in [0.5, 0.6) is 0 Å². The number of nitro groups is 1. The molecular formula is C13H9N3O2S. The van der Waals surface area contributed by atoms with E-state index >= 15 is 0 Å². The second kappa shape index (κ2) is 5.98. The molecule has 0 saturated heterocycles. The molecule has 2 rings (SSSR count). The molecule has 0 atom stereocenters. The van der Waals surface area contributed by atoms with Gasteiger partial charge >= 0.3 is 0 Å². The SMILES string of the molecule is N#Cc1cc(SCc2cccc([N+](=O)[O-])c2)ccn1. The Balaban J connectivity index is 2.08. The Labute approximate surface area is 114 Å². The third-order valence-electron chi connectivity index (χ3n) is 2.37. The highest BCUT2D eigenvalue weighted by Crippen LogP contribution is 2.24. The van der Waals surface area contributed by atoms with Crippen molar-refractivity contribution in [3.8, 4) is 6.07 Å². The lowest BCUT2D eigenvalue weighted by molar-refractivity contribution is -0.384. The molecule has 1 aromatic heterocycles. The Bertz CT molecular complexity index is 652. The Morgan fingerprint density at radius 1 is 1.37 bits per heavy atom. The first-order valence-corrected chi connectivity index (χ1v) is 6.40. The van der Waals surface area contributed by atoms with Crippen LogP contribution in [-0.2, 0) is 5.75 Å². The average molecular weight is 271 g/mol. The van der Waals surface area contributed by atoms with Crippen molar-refractivity contribution in [3.05, 3.63) is 64.0 Å². The number of rotatable bonds is 4. The number of nitrogens with zero attached hydrogens (tertiary/aromatic N) is 3. The summed E-state index contributed by atoms with van der Waals surface area (Å²) in [5.41, 5.74) is 1.32. The van der Waals surface area contributed by atoms with Gasteiger partial charge in [-0.05, 0) is 17.7 Å². The van der Waals surface area contributed by atoms with E-state index < -0.39 is 4.92 Å². The molecule has 0 spiro atoms. The van der Waals surface area contributed by atoms with Gasteiger partial charge in [0, 0.05) is 29.0 Å². The zero-order valence-electron chi connectivity index (χ0n) is 9.81. The maximum Gasteiger partial charge on any atom is 0.269 e. The molecule has 6 heteroatoms. The van der Waals surface area contributed by atoms with Gasteiger partial charge in [0.15, 0.2) is 0 Å². The average Bonchev–Trinajstić information content (AvgIpc) is 2.45. The van der Waals surface area contributed by atoms with Crippen LogP contribution in [0.4, 0.5) is 5.69 Å². The van der Waals surface area contributed by atoms with E-state index in [2.05, 4.69) is 4.98 Å². The molecule has 2 aromatic rings. The molecule has 0 saturated carbocycles. The zero-order chi connectivity index (χ0) is 13.7. The van der Waals surface area contributed by atoms with Crippen LogP contribution in [0, 0.1) is 21.4 Å². The molecule has 0 N–H and O–H groups in total. The molecule has 94 valence electrons. The Kier molecular flexibility index (Phi) is 4.11. The van der Waals surface area contributed by atoms with Gasteiger partial charge in [-0.2, -0.15) is 5.26 Å². The Hall–Kier alpha value is -2.39. The van der Waals surface area contributed by atoms with Crippen LogP contribution in [0.1, 0.15) is 11.3 Å². The predicted molar refractivity (Wildman–Crippen MR) is 71.6 cm³/mol. The summed E-state index contributed by atoms with van der Waals surface area (Å²) in [7, 11) is 0. The highest BCUT2D eigenvalue weighted by atomic mass is 32.2. The smallest absolute Gasteiger partial charge is 0.258 e. The lowest BCUT2D eigenvalue weighted by Gasteiger charge is -2.02. The van der Waals surface area contributed by atoms with Gasteiger partial charge in [0.2, 0.25) is 0 Å². The summed E-state index contributed by atoms with van der Waals surface area (Å²) in [5.74, 6) is 0.608. The summed E-state index contributed by atoms with van der Waals surface area (Å²) in [4.78, 5) is 15.1. The third-order valence-corrected chi connectivity index (χ3v) is 3.44. The van der Waals surface area contributed by atoms with Crippen molar-refractivity contribution in [1.29, 1.82) is 5.26 Å². The third kappa shape index (κ3) is 3.53. The molecule has 0 aliphatic heterocycles. The summed E-state index contributed by atoms with van der Waals surface area (Å²) >= 11 is 1.51. The van der Waals surface area contributed by atoms with Gasteiger partial charge in [0.25, 0.3) is 5.69 Å². The summed E-state index contributed by atoms with van der Waals surface area (Å²) in [6, 6.07) is 12.0. The standard InChI is InChI=1S/C13H9N3O2S/c14-8-11-7-13(4-5-15-11)19-9-10-2-1-3-12(6-10)16(17)18/h1-7H,9H2. The number of thioether (sulfide) groups is 1. The minimum atomic E-state index is -0.408. The molecule has 0 fully saturated rings. The number of pyridine rings is 1. The molecule has 0 radical (unpaired) electrons. The monoisotopic (exact) mass is 271 g/mol. The summed E-state index contributed by atoms with van der Waals surface area (Å²) in [6.07, 6.45) is 1.58. The summed E-state index contributed by atoms with van der Waals surface area (Å²) in [5, 5.41) is 19.4. The van der Waals surface area contributed by atoms with Crippen LogP contribution in [0.2, 0.25) is 0 Å². The Morgan fingerprint density at radius 2 is 2.21 bits per heavy atom. The number of non-ortho nitro benzene ring substituents is 1.